The SMILES string of the molecule is CC(CNC(=O)CNC(=O)C1c2ccccc2C(=O)N1C1CC1)CN1CCCC1. The van der Waals surface area contributed by atoms with Crippen molar-refractivity contribution in [1.29, 1.82) is 0 Å². The second kappa shape index (κ2) is 8.53. The summed E-state index contributed by atoms with van der Waals surface area (Å²) in [5.74, 6) is -0.182. The first-order valence-corrected chi connectivity index (χ1v) is 10.7. The Labute approximate surface area is 171 Å². The van der Waals surface area contributed by atoms with Crippen LogP contribution in [0, 0.1) is 5.92 Å². The van der Waals surface area contributed by atoms with Gasteiger partial charge in [0.05, 0.1) is 6.54 Å². The highest BCUT2D eigenvalue weighted by Crippen LogP contribution is 2.41. The number of benzene rings is 1. The van der Waals surface area contributed by atoms with Crippen LogP contribution in [0.1, 0.15) is 54.6 Å². The molecule has 3 aliphatic rings. The summed E-state index contributed by atoms with van der Waals surface area (Å²) in [6.07, 6.45) is 4.38. The highest BCUT2D eigenvalue weighted by molar-refractivity contribution is 6.05. The summed E-state index contributed by atoms with van der Waals surface area (Å²) in [5, 5.41) is 5.66. The van der Waals surface area contributed by atoms with Gasteiger partial charge in [-0.25, -0.2) is 0 Å². The van der Waals surface area contributed by atoms with Crippen molar-refractivity contribution in [3.8, 4) is 0 Å². The number of nitrogens with one attached hydrogen (secondary N) is 2. The molecule has 1 saturated heterocycles. The van der Waals surface area contributed by atoms with Crippen LogP contribution in [0.15, 0.2) is 24.3 Å². The van der Waals surface area contributed by atoms with E-state index in [4.69, 9.17) is 0 Å². The molecular weight excluding hydrogens is 368 g/mol. The van der Waals surface area contributed by atoms with Gasteiger partial charge in [-0.2, -0.15) is 0 Å². The normalized spacial score (nSPS) is 22.4. The van der Waals surface area contributed by atoms with Crippen LogP contribution >= 0.6 is 0 Å². The zero-order valence-electron chi connectivity index (χ0n) is 17.0. The number of hydrogen-bond acceptors (Lipinski definition) is 4. The Morgan fingerprint density at radius 2 is 1.86 bits per heavy atom. The van der Waals surface area contributed by atoms with Crippen molar-refractivity contribution in [3.05, 3.63) is 35.4 Å². The molecule has 0 bridgehead atoms. The van der Waals surface area contributed by atoms with E-state index in [1.54, 1.807) is 11.0 Å². The lowest BCUT2D eigenvalue weighted by molar-refractivity contribution is -0.129. The molecule has 2 heterocycles. The van der Waals surface area contributed by atoms with Crippen LogP contribution in [0.4, 0.5) is 0 Å². The first-order chi connectivity index (χ1) is 14.0. The van der Waals surface area contributed by atoms with Gasteiger partial charge in [0.15, 0.2) is 0 Å². The van der Waals surface area contributed by atoms with Crippen molar-refractivity contribution < 1.29 is 14.4 Å². The van der Waals surface area contributed by atoms with Crippen molar-refractivity contribution in [2.45, 2.75) is 44.7 Å². The Hall–Kier alpha value is -2.41. The molecule has 3 amide bonds. The van der Waals surface area contributed by atoms with Crippen LogP contribution < -0.4 is 10.6 Å². The quantitative estimate of drug-likeness (QED) is 0.692. The van der Waals surface area contributed by atoms with Gasteiger partial charge >= 0.3 is 0 Å². The molecule has 0 aromatic heterocycles. The molecule has 2 atom stereocenters. The minimum atomic E-state index is -0.631. The van der Waals surface area contributed by atoms with Gasteiger partial charge in [-0.3, -0.25) is 14.4 Å². The number of amides is 3. The Balaban J connectivity index is 1.28. The molecule has 1 aliphatic carbocycles. The maximum atomic E-state index is 12.9. The number of carbonyl (C=O) groups is 3. The molecule has 29 heavy (non-hydrogen) atoms. The van der Waals surface area contributed by atoms with Crippen molar-refractivity contribution in [1.82, 2.24) is 20.4 Å². The van der Waals surface area contributed by atoms with Crippen LogP contribution in [0.25, 0.3) is 0 Å². The van der Waals surface area contributed by atoms with E-state index in [9.17, 15) is 14.4 Å². The standard InChI is InChI=1S/C22H30N4O3/c1-15(14-25-10-4-5-11-25)12-23-19(27)13-24-21(28)20-17-6-2-3-7-18(17)22(29)26(20)16-8-9-16/h2-3,6-7,15-16,20H,4-5,8-14H2,1H3,(H,23,27)(H,24,28). The molecule has 2 unspecified atom stereocenters. The molecule has 1 aromatic carbocycles. The monoisotopic (exact) mass is 398 g/mol. The largest absolute Gasteiger partial charge is 0.354 e. The smallest absolute Gasteiger partial charge is 0.255 e. The Kier molecular flexibility index (Phi) is 5.85. The van der Waals surface area contributed by atoms with Gasteiger partial charge in [0.1, 0.15) is 6.04 Å². The Morgan fingerprint density at radius 3 is 2.59 bits per heavy atom. The van der Waals surface area contributed by atoms with Gasteiger partial charge in [-0.1, -0.05) is 25.1 Å². The van der Waals surface area contributed by atoms with Gasteiger partial charge < -0.3 is 20.4 Å². The lowest BCUT2D eigenvalue weighted by Gasteiger charge is -2.24. The molecule has 2 aliphatic heterocycles. The van der Waals surface area contributed by atoms with Crippen molar-refractivity contribution in [2.24, 2.45) is 5.92 Å². The van der Waals surface area contributed by atoms with E-state index in [0.29, 0.717) is 18.0 Å². The average Bonchev–Trinajstić information content (AvgIpc) is 3.35. The van der Waals surface area contributed by atoms with Gasteiger partial charge in [-0.15, -0.1) is 0 Å². The molecule has 4 rings (SSSR count). The number of carbonyl (C=O) groups excluding carboxylic acids is 3. The summed E-state index contributed by atoms with van der Waals surface area (Å²) in [6.45, 7) is 5.95. The molecule has 0 spiro atoms. The fourth-order valence-electron chi connectivity index (χ4n) is 4.42. The number of hydrogen-bond donors (Lipinski definition) is 2. The first kappa shape index (κ1) is 19.9. The van der Waals surface area contributed by atoms with Crippen LogP contribution in [-0.2, 0) is 9.59 Å². The molecular formula is C22H30N4O3. The maximum absolute atomic E-state index is 12.9. The van der Waals surface area contributed by atoms with Crippen LogP contribution in [0.5, 0.6) is 0 Å². The predicted octanol–water partition coefficient (Wildman–Crippen LogP) is 1.31. The highest BCUT2D eigenvalue weighted by atomic mass is 16.2. The van der Waals surface area contributed by atoms with Gasteiger partial charge in [0, 0.05) is 24.7 Å². The summed E-state index contributed by atoms with van der Waals surface area (Å²) < 4.78 is 0. The van der Waals surface area contributed by atoms with Crippen molar-refractivity contribution >= 4 is 17.7 Å². The van der Waals surface area contributed by atoms with Crippen molar-refractivity contribution in [2.75, 3.05) is 32.7 Å². The lowest BCUT2D eigenvalue weighted by atomic mass is 10.0. The minimum Gasteiger partial charge on any atom is -0.354 e. The fraction of sp³-hybridized carbons (Fsp3) is 0.591. The van der Waals surface area contributed by atoms with E-state index in [-0.39, 0.29) is 30.3 Å². The lowest BCUT2D eigenvalue weighted by Crippen LogP contribution is -2.44. The van der Waals surface area contributed by atoms with Gasteiger partial charge in [-0.05, 0) is 56.3 Å². The fourth-order valence-corrected chi connectivity index (χ4v) is 4.42. The van der Waals surface area contributed by atoms with Crippen LogP contribution in [0.3, 0.4) is 0 Å². The van der Waals surface area contributed by atoms with E-state index in [0.717, 1.165) is 38.0 Å². The Bertz CT molecular complexity index is 786. The molecule has 7 nitrogen and oxygen atoms in total. The summed E-state index contributed by atoms with van der Waals surface area (Å²) in [4.78, 5) is 41.9. The Morgan fingerprint density at radius 1 is 1.14 bits per heavy atom. The highest BCUT2D eigenvalue weighted by Gasteiger charge is 2.47. The topological polar surface area (TPSA) is 81.8 Å². The summed E-state index contributed by atoms with van der Waals surface area (Å²) in [6, 6.07) is 6.77. The number of likely N-dealkylation sites (tertiary alicyclic amines) is 1. The van der Waals surface area contributed by atoms with Gasteiger partial charge in [0.2, 0.25) is 11.8 Å². The molecule has 0 radical (unpaired) electrons. The van der Waals surface area contributed by atoms with Crippen LogP contribution in [-0.4, -0.2) is 66.3 Å². The third-order valence-electron chi connectivity index (χ3n) is 6.03. The predicted molar refractivity (Wildman–Crippen MR) is 109 cm³/mol. The molecule has 1 aromatic rings. The zero-order valence-corrected chi connectivity index (χ0v) is 17.0. The van der Waals surface area contributed by atoms with Crippen LogP contribution in [0.2, 0.25) is 0 Å². The summed E-state index contributed by atoms with van der Waals surface area (Å²) in [5.41, 5.74) is 1.33. The second-order valence-electron chi connectivity index (χ2n) is 8.57. The van der Waals surface area contributed by atoms with E-state index in [2.05, 4.69) is 22.5 Å². The second-order valence-corrected chi connectivity index (χ2v) is 8.57. The van der Waals surface area contributed by atoms with Gasteiger partial charge in [0.25, 0.3) is 5.91 Å². The molecule has 2 N–H and O–H groups in total. The third-order valence-corrected chi connectivity index (χ3v) is 6.03. The molecule has 2 fully saturated rings. The summed E-state index contributed by atoms with van der Waals surface area (Å²) >= 11 is 0. The maximum Gasteiger partial charge on any atom is 0.255 e. The molecule has 156 valence electrons. The number of nitrogens with zero attached hydrogens (tertiary/aromatic N) is 2. The van der Waals surface area contributed by atoms with E-state index in [1.807, 2.05) is 18.2 Å². The van der Waals surface area contributed by atoms with Crippen molar-refractivity contribution in [3.63, 3.8) is 0 Å². The summed E-state index contributed by atoms with van der Waals surface area (Å²) in [7, 11) is 0. The minimum absolute atomic E-state index is 0.0688. The first-order valence-electron chi connectivity index (χ1n) is 10.7. The van der Waals surface area contributed by atoms with E-state index >= 15 is 0 Å². The average molecular weight is 399 g/mol. The van der Waals surface area contributed by atoms with E-state index < -0.39 is 6.04 Å². The molecule has 1 saturated carbocycles. The zero-order chi connectivity index (χ0) is 20.4. The number of fused-ring (bicyclic) bond motifs is 1. The molecule has 7 heteroatoms. The third kappa shape index (κ3) is 4.45. The number of rotatable bonds is 8. The van der Waals surface area contributed by atoms with E-state index in [1.165, 1.54) is 12.8 Å².